The Bertz CT molecular complexity index is 647. The Labute approximate surface area is 104 Å². The van der Waals surface area contributed by atoms with Crippen LogP contribution in [-0.2, 0) is 16.0 Å². The first kappa shape index (κ1) is 11.9. The minimum atomic E-state index is -0.399. The zero-order valence-corrected chi connectivity index (χ0v) is 9.93. The highest BCUT2D eigenvalue weighted by Crippen LogP contribution is 2.24. The average molecular weight is 240 g/mol. The molecule has 2 rings (SSSR count). The van der Waals surface area contributed by atoms with Gasteiger partial charge in [-0.15, -0.1) is 0 Å². The number of hydrogen-bond donors (Lipinski definition) is 1. The maximum absolute atomic E-state index is 11.1. The van der Waals surface area contributed by atoms with Crippen LogP contribution >= 0.6 is 0 Å². The Morgan fingerprint density at radius 2 is 2.39 bits per heavy atom. The molecule has 0 spiro atoms. The van der Waals surface area contributed by atoms with Crippen molar-refractivity contribution in [1.29, 1.82) is 5.26 Å². The lowest BCUT2D eigenvalue weighted by Gasteiger charge is -1.99. The van der Waals surface area contributed by atoms with Crippen molar-refractivity contribution in [2.45, 2.75) is 6.42 Å². The molecular formula is C14H12N2O2. The zero-order valence-electron chi connectivity index (χ0n) is 9.93. The molecule has 0 fully saturated rings. The topological polar surface area (TPSA) is 65.9 Å². The van der Waals surface area contributed by atoms with E-state index in [1.165, 1.54) is 13.2 Å². The Balaban J connectivity index is 2.50. The van der Waals surface area contributed by atoms with Crippen LogP contribution < -0.4 is 0 Å². The lowest BCUT2D eigenvalue weighted by atomic mass is 10.0. The van der Waals surface area contributed by atoms with E-state index in [2.05, 4.69) is 15.8 Å². The molecule has 0 saturated heterocycles. The molecule has 18 heavy (non-hydrogen) atoms. The summed E-state index contributed by atoms with van der Waals surface area (Å²) in [6.45, 7) is 0. The van der Waals surface area contributed by atoms with E-state index in [9.17, 15) is 4.79 Å². The van der Waals surface area contributed by atoms with Gasteiger partial charge in [0, 0.05) is 23.2 Å². The van der Waals surface area contributed by atoms with Gasteiger partial charge < -0.3 is 9.72 Å². The SMILES string of the molecule is COC(=O)C=Cc1cccc2[nH]cc(CC#N)c12. The summed E-state index contributed by atoms with van der Waals surface area (Å²) in [7, 11) is 1.34. The standard InChI is InChI=1S/C14H12N2O2/c1-18-13(17)6-5-10-3-2-4-12-14(10)11(7-8-15)9-16-12/h2-6,9,16H,7H2,1H3. The van der Waals surface area contributed by atoms with E-state index in [1.807, 2.05) is 24.4 Å². The van der Waals surface area contributed by atoms with Gasteiger partial charge in [-0.05, 0) is 23.3 Å². The summed E-state index contributed by atoms with van der Waals surface area (Å²) >= 11 is 0. The number of benzene rings is 1. The molecule has 4 nitrogen and oxygen atoms in total. The first-order chi connectivity index (χ1) is 8.76. The van der Waals surface area contributed by atoms with Gasteiger partial charge in [-0.1, -0.05) is 12.1 Å². The first-order valence-electron chi connectivity index (χ1n) is 5.48. The molecule has 0 amide bonds. The number of carbonyl (C=O) groups excluding carboxylic acids is 1. The normalized spacial score (nSPS) is 10.7. The Morgan fingerprint density at radius 1 is 1.56 bits per heavy atom. The number of aromatic nitrogens is 1. The Kier molecular flexibility index (Phi) is 3.44. The summed E-state index contributed by atoms with van der Waals surface area (Å²) in [6, 6.07) is 7.86. The number of aromatic amines is 1. The van der Waals surface area contributed by atoms with Crippen LogP contribution in [0.4, 0.5) is 0 Å². The number of nitrogens with one attached hydrogen (secondary N) is 1. The smallest absolute Gasteiger partial charge is 0.330 e. The molecule has 0 atom stereocenters. The fourth-order valence-corrected chi connectivity index (χ4v) is 1.88. The molecule has 1 heterocycles. The highest BCUT2D eigenvalue weighted by molar-refractivity contribution is 5.95. The van der Waals surface area contributed by atoms with Crippen molar-refractivity contribution in [2.24, 2.45) is 0 Å². The number of nitriles is 1. The summed E-state index contributed by atoms with van der Waals surface area (Å²) in [5, 5.41) is 9.76. The second kappa shape index (κ2) is 5.19. The third kappa shape index (κ3) is 2.25. The van der Waals surface area contributed by atoms with Crippen LogP contribution in [0.15, 0.2) is 30.5 Å². The van der Waals surface area contributed by atoms with E-state index in [0.717, 1.165) is 22.0 Å². The lowest BCUT2D eigenvalue weighted by molar-refractivity contribution is -0.134. The fourth-order valence-electron chi connectivity index (χ4n) is 1.88. The van der Waals surface area contributed by atoms with Gasteiger partial charge in [-0.3, -0.25) is 0 Å². The summed E-state index contributed by atoms with van der Waals surface area (Å²) in [5.74, 6) is -0.399. The van der Waals surface area contributed by atoms with E-state index in [1.54, 1.807) is 6.08 Å². The van der Waals surface area contributed by atoms with Crippen LogP contribution in [-0.4, -0.2) is 18.1 Å². The molecule has 0 unspecified atom stereocenters. The average Bonchev–Trinajstić information content (AvgIpc) is 2.80. The summed E-state index contributed by atoms with van der Waals surface area (Å²) in [4.78, 5) is 14.2. The van der Waals surface area contributed by atoms with Gasteiger partial charge in [-0.2, -0.15) is 5.26 Å². The predicted molar refractivity (Wildman–Crippen MR) is 68.7 cm³/mol. The number of carbonyl (C=O) groups is 1. The van der Waals surface area contributed by atoms with Crippen LogP contribution in [0.25, 0.3) is 17.0 Å². The van der Waals surface area contributed by atoms with E-state index >= 15 is 0 Å². The zero-order chi connectivity index (χ0) is 13.0. The van der Waals surface area contributed by atoms with Gasteiger partial charge in [0.2, 0.25) is 0 Å². The second-order valence-corrected chi connectivity index (χ2v) is 3.78. The van der Waals surface area contributed by atoms with Crippen molar-refractivity contribution >= 4 is 22.9 Å². The van der Waals surface area contributed by atoms with Gasteiger partial charge in [-0.25, -0.2) is 4.79 Å². The van der Waals surface area contributed by atoms with E-state index in [-0.39, 0.29) is 0 Å². The monoisotopic (exact) mass is 240 g/mol. The largest absolute Gasteiger partial charge is 0.466 e. The van der Waals surface area contributed by atoms with Crippen molar-refractivity contribution < 1.29 is 9.53 Å². The number of nitrogens with zero attached hydrogens (tertiary/aromatic N) is 1. The van der Waals surface area contributed by atoms with Crippen molar-refractivity contribution in [2.75, 3.05) is 7.11 Å². The number of rotatable bonds is 3. The minimum absolute atomic E-state index is 0.336. The van der Waals surface area contributed by atoms with Crippen LogP contribution in [0.2, 0.25) is 0 Å². The summed E-state index contributed by atoms with van der Waals surface area (Å²) in [5.41, 5.74) is 2.77. The molecule has 1 aromatic heterocycles. The first-order valence-corrected chi connectivity index (χ1v) is 5.48. The molecule has 0 aliphatic rings. The molecule has 2 aromatic rings. The van der Waals surface area contributed by atoms with Gasteiger partial charge >= 0.3 is 5.97 Å². The van der Waals surface area contributed by atoms with Crippen molar-refractivity contribution in [3.63, 3.8) is 0 Å². The number of hydrogen-bond acceptors (Lipinski definition) is 3. The van der Waals surface area contributed by atoms with Gasteiger partial charge in [0.05, 0.1) is 19.6 Å². The molecule has 4 heteroatoms. The second-order valence-electron chi connectivity index (χ2n) is 3.78. The van der Waals surface area contributed by atoms with Crippen LogP contribution in [0.3, 0.4) is 0 Å². The summed E-state index contributed by atoms with van der Waals surface area (Å²) < 4.78 is 4.56. The van der Waals surface area contributed by atoms with E-state index in [0.29, 0.717) is 6.42 Å². The number of fused-ring (bicyclic) bond motifs is 1. The molecule has 90 valence electrons. The van der Waals surface area contributed by atoms with E-state index < -0.39 is 5.97 Å². The quantitative estimate of drug-likeness (QED) is 0.661. The Hall–Kier alpha value is -2.54. The third-order valence-corrected chi connectivity index (χ3v) is 2.69. The van der Waals surface area contributed by atoms with Crippen LogP contribution in [0.5, 0.6) is 0 Å². The molecule has 1 N–H and O–H groups in total. The molecule has 1 aromatic carbocycles. The molecule has 0 aliphatic carbocycles. The Morgan fingerprint density at radius 3 is 3.11 bits per heavy atom. The molecule has 0 bridgehead atoms. The predicted octanol–water partition coefficient (Wildman–Crippen LogP) is 2.42. The van der Waals surface area contributed by atoms with Gasteiger partial charge in [0.1, 0.15) is 0 Å². The maximum atomic E-state index is 11.1. The molecule has 0 aliphatic heterocycles. The van der Waals surface area contributed by atoms with Crippen molar-refractivity contribution in [1.82, 2.24) is 4.98 Å². The summed E-state index contributed by atoms with van der Waals surface area (Å²) in [6.07, 6.45) is 5.23. The number of methoxy groups -OCH3 is 1. The van der Waals surface area contributed by atoms with Crippen LogP contribution in [0.1, 0.15) is 11.1 Å². The number of ether oxygens (including phenoxy) is 1. The van der Waals surface area contributed by atoms with Gasteiger partial charge in [0.25, 0.3) is 0 Å². The van der Waals surface area contributed by atoms with Crippen molar-refractivity contribution in [3.8, 4) is 6.07 Å². The van der Waals surface area contributed by atoms with Crippen molar-refractivity contribution in [3.05, 3.63) is 41.6 Å². The van der Waals surface area contributed by atoms with Gasteiger partial charge in [0.15, 0.2) is 0 Å². The highest BCUT2D eigenvalue weighted by Gasteiger charge is 2.06. The molecule has 0 saturated carbocycles. The van der Waals surface area contributed by atoms with E-state index in [4.69, 9.17) is 5.26 Å². The molecular weight excluding hydrogens is 228 g/mol. The molecule has 0 radical (unpaired) electrons. The lowest BCUT2D eigenvalue weighted by Crippen LogP contribution is -1.93. The highest BCUT2D eigenvalue weighted by atomic mass is 16.5. The fraction of sp³-hybridized carbons (Fsp3) is 0.143. The van der Waals surface area contributed by atoms with Crippen LogP contribution in [0, 0.1) is 11.3 Å². The number of esters is 1. The minimum Gasteiger partial charge on any atom is -0.466 e. The maximum Gasteiger partial charge on any atom is 0.330 e. The number of H-pyrrole nitrogens is 1. The third-order valence-electron chi connectivity index (χ3n) is 2.69.